The Morgan fingerprint density at radius 2 is 2.00 bits per heavy atom. The Morgan fingerprint density at radius 1 is 1.17 bits per heavy atom. The molecule has 2 heterocycles. The molecule has 2 aliphatic rings. The molecule has 2 aromatic rings. The molecule has 0 N–H and O–H groups in total. The molecule has 1 aromatic heterocycles. The average Bonchev–Trinajstić information content (AvgIpc) is 3.34. The number of ketones is 1. The van der Waals surface area contributed by atoms with Crippen molar-refractivity contribution in [3.8, 4) is 0 Å². The number of aromatic nitrogens is 1. The summed E-state index contributed by atoms with van der Waals surface area (Å²) in [4.78, 5) is 21.4. The minimum Gasteiger partial charge on any atom is -0.299 e. The van der Waals surface area contributed by atoms with E-state index in [4.69, 9.17) is 0 Å². The molecule has 4 rings (SSSR count). The fraction of sp³-hybridized carbons (Fsp3) is 0.350. The van der Waals surface area contributed by atoms with Gasteiger partial charge in [-0.25, -0.2) is 0 Å². The Bertz CT molecular complexity index is 760. The van der Waals surface area contributed by atoms with Gasteiger partial charge in [-0.3, -0.25) is 14.8 Å². The first kappa shape index (κ1) is 14.3. The molecular weight excluding hydrogens is 284 g/mol. The van der Waals surface area contributed by atoms with Crippen LogP contribution in [0.5, 0.6) is 0 Å². The van der Waals surface area contributed by atoms with Crippen LogP contribution in [-0.2, 0) is 24.2 Å². The van der Waals surface area contributed by atoms with Crippen molar-refractivity contribution in [3.63, 3.8) is 0 Å². The van der Waals surface area contributed by atoms with Crippen molar-refractivity contribution >= 4 is 11.5 Å². The monoisotopic (exact) mass is 304 g/mol. The molecule has 0 spiro atoms. The number of carbonyl (C=O) groups excluding carboxylic acids is 1. The number of carbonyl (C=O) groups is 1. The molecule has 1 aliphatic carbocycles. The molecule has 0 saturated heterocycles. The summed E-state index contributed by atoms with van der Waals surface area (Å²) in [5.41, 5.74) is 5.80. The number of nitrogens with zero attached hydrogens (tertiary/aromatic N) is 2. The summed E-state index contributed by atoms with van der Waals surface area (Å²) in [6, 6.07) is 12.2. The van der Waals surface area contributed by atoms with Gasteiger partial charge < -0.3 is 0 Å². The van der Waals surface area contributed by atoms with Crippen LogP contribution in [0.1, 0.15) is 41.6 Å². The molecule has 1 fully saturated rings. The number of aryl methyl sites for hydroxylation is 1. The van der Waals surface area contributed by atoms with Gasteiger partial charge in [-0.2, -0.15) is 0 Å². The Hall–Kier alpha value is -2.29. The summed E-state index contributed by atoms with van der Waals surface area (Å²) in [7, 11) is 0. The summed E-state index contributed by atoms with van der Waals surface area (Å²) >= 11 is 0. The molecule has 0 unspecified atom stereocenters. The highest BCUT2D eigenvalue weighted by Crippen LogP contribution is 2.36. The summed E-state index contributed by atoms with van der Waals surface area (Å²) in [5, 5.41) is 0. The van der Waals surface area contributed by atoms with Gasteiger partial charge in [0.15, 0.2) is 0 Å². The summed E-state index contributed by atoms with van der Waals surface area (Å²) < 4.78 is 0. The van der Waals surface area contributed by atoms with E-state index in [9.17, 15) is 4.79 Å². The fourth-order valence-electron chi connectivity index (χ4n) is 3.18. The van der Waals surface area contributed by atoms with Gasteiger partial charge in [0, 0.05) is 41.9 Å². The van der Waals surface area contributed by atoms with Crippen LogP contribution in [0.3, 0.4) is 0 Å². The SMILES string of the molecule is O=C(CCc1ccccc1)Cc1cc2c(cn1)C(C1CC1)=NC2. The Morgan fingerprint density at radius 3 is 2.78 bits per heavy atom. The van der Waals surface area contributed by atoms with Crippen LogP contribution >= 0.6 is 0 Å². The molecule has 116 valence electrons. The molecule has 0 bridgehead atoms. The molecule has 0 radical (unpaired) electrons. The van der Waals surface area contributed by atoms with Crippen molar-refractivity contribution in [1.82, 2.24) is 4.98 Å². The molecule has 1 saturated carbocycles. The molecule has 3 heteroatoms. The largest absolute Gasteiger partial charge is 0.299 e. The number of pyridine rings is 1. The third kappa shape index (κ3) is 3.24. The molecular formula is C20H20N2O. The third-order valence-electron chi connectivity index (χ3n) is 4.62. The lowest BCUT2D eigenvalue weighted by Crippen LogP contribution is -2.08. The molecule has 3 nitrogen and oxygen atoms in total. The summed E-state index contributed by atoms with van der Waals surface area (Å²) in [6.07, 6.45) is 6.26. The Labute approximate surface area is 136 Å². The number of hydrogen-bond acceptors (Lipinski definition) is 3. The maximum atomic E-state index is 12.2. The van der Waals surface area contributed by atoms with Crippen LogP contribution in [0.2, 0.25) is 0 Å². The summed E-state index contributed by atoms with van der Waals surface area (Å²) in [5.74, 6) is 0.916. The lowest BCUT2D eigenvalue weighted by molar-refractivity contribution is -0.118. The van der Waals surface area contributed by atoms with E-state index in [2.05, 4.69) is 28.2 Å². The van der Waals surface area contributed by atoms with Crippen LogP contribution in [0.15, 0.2) is 47.6 Å². The van der Waals surface area contributed by atoms with Crippen molar-refractivity contribution in [2.24, 2.45) is 10.9 Å². The highest BCUT2D eigenvalue weighted by molar-refractivity contribution is 6.06. The van der Waals surface area contributed by atoms with Crippen molar-refractivity contribution in [2.45, 2.75) is 38.6 Å². The van der Waals surface area contributed by atoms with Crippen molar-refractivity contribution < 1.29 is 4.79 Å². The first-order valence-electron chi connectivity index (χ1n) is 8.38. The highest BCUT2D eigenvalue weighted by Gasteiger charge is 2.32. The van der Waals surface area contributed by atoms with E-state index >= 15 is 0 Å². The standard InChI is InChI=1S/C20H20N2O/c23-18(9-6-14-4-2-1-3-5-14)11-17-10-16-12-22-20(15-7-8-15)19(16)13-21-17/h1-5,10,13,15H,6-9,11-12H2. The van der Waals surface area contributed by atoms with Crippen LogP contribution in [0.25, 0.3) is 0 Å². The van der Waals surface area contributed by atoms with E-state index in [0.29, 0.717) is 18.8 Å². The van der Waals surface area contributed by atoms with Crippen molar-refractivity contribution in [3.05, 3.63) is 65.0 Å². The van der Waals surface area contributed by atoms with Gasteiger partial charge in [-0.15, -0.1) is 0 Å². The fourth-order valence-corrected chi connectivity index (χ4v) is 3.18. The zero-order chi connectivity index (χ0) is 15.6. The molecule has 1 aromatic carbocycles. The zero-order valence-corrected chi connectivity index (χ0v) is 13.2. The molecule has 0 atom stereocenters. The normalized spacial score (nSPS) is 16.1. The Balaban J connectivity index is 1.37. The number of benzene rings is 1. The first-order chi connectivity index (χ1) is 11.3. The van der Waals surface area contributed by atoms with Gasteiger partial charge in [0.1, 0.15) is 5.78 Å². The van der Waals surface area contributed by atoms with Crippen LogP contribution < -0.4 is 0 Å². The molecule has 1 aliphatic heterocycles. The second-order valence-electron chi connectivity index (χ2n) is 6.51. The van der Waals surface area contributed by atoms with E-state index in [1.54, 1.807) is 0 Å². The smallest absolute Gasteiger partial charge is 0.139 e. The number of rotatable bonds is 6. The number of aliphatic imine (C=N–C) groups is 1. The van der Waals surface area contributed by atoms with Gasteiger partial charge in [0.25, 0.3) is 0 Å². The van der Waals surface area contributed by atoms with Gasteiger partial charge in [-0.05, 0) is 36.5 Å². The van der Waals surface area contributed by atoms with Gasteiger partial charge >= 0.3 is 0 Å². The zero-order valence-electron chi connectivity index (χ0n) is 13.2. The predicted octanol–water partition coefficient (Wildman–Crippen LogP) is 3.54. The third-order valence-corrected chi connectivity index (χ3v) is 4.62. The number of fused-ring (bicyclic) bond motifs is 1. The maximum Gasteiger partial charge on any atom is 0.139 e. The van der Waals surface area contributed by atoms with E-state index in [1.807, 2.05) is 24.4 Å². The van der Waals surface area contributed by atoms with Crippen LogP contribution in [-0.4, -0.2) is 16.5 Å². The van der Waals surface area contributed by atoms with E-state index in [0.717, 1.165) is 18.7 Å². The average molecular weight is 304 g/mol. The van der Waals surface area contributed by atoms with Gasteiger partial charge in [0.05, 0.1) is 6.54 Å². The maximum absolute atomic E-state index is 12.2. The number of Topliss-reactive ketones (excluding diaryl/α,β-unsaturated/α-hetero) is 1. The van der Waals surface area contributed by atoms with E-state index in [-0.39, 0.29) is 5.78 Å². The topological polar surface area (TPSA) is 42.3 Å². The van der Waals surface area contributed by atoms with Gasteiger partial charge in [0.2, 0.25) is 0 Å². The minimum absolute atomic E-state index is 0.252. The highest BCUT2D eigenvalue weighted by atomic mass is 16.1. The molecule has 23 heavy (non-hydrogen) atoms. The molecule has 0 amide bonds. The second kappa shape index (κ2) is 6.07. The first-order valence-corrected chi connectivity index (χ1v) is 8.38. The van der Waals surface area contributed by atoms with Crippen molar-refractivity contribution in [2.75, 3.05) is 0 Å². The predicted molar refractivity (Wildman–Crippen MR) is 90.7 cm³/mol. The summed E-state index contributed by atoms with van der Waals surface area (Å²) in [6.45, 7) is 0.759. The quantitative estimate of drug-likeness (QED) is 0.819. The lowest BCUT2D eigenvalue weighted by atomic mass is 10.0. The number of hydrogen-bond donors (Lipinski definition) is 0. The lowest BCUT2D eigenvalue weighted by Gasteiger charge is -2.05. The van der Waals surface area contributed by atoms with E-state index in [1.165, 1.54) is 35.2 Å². The van der Waals surface area contributed by atoms with Crippen LogP contribution in [0, 0.1) is 5.92 Å². The Kier molecular flexibility index (Phi) is 3.78. The minimum atomic E-state index is 0.252. The second-order valence-corrected chi connectivity index (χ2v) is 6.51. The van der Waals surface area contributed by atoms with Crippen molar-refractivity contribution in [1.29, 1.82) is 0 Å². The van der Waals surface area contributed by atoms with E-state index < -0.39 is 0 Å². The van der Waals surface area contributed by atoms with Gasteiger partial charge in [-0.1, -0.05) is 30.3 Å². The van der Waals surface area contributed by atoms with Crippen LogP contribution in [0.4, 0.5) is 0 Å².